The Kier molecular flexibility index (Phi) is 4.30. The maximum absolute atomic E-state index is 4.67. The number of aryl methyl sites for hydroxylation is 1. The summed E-state index contributed by atoms with van der Waals surface area (Å²) in [4.78, 5) is 4.67. The van der Waals surface area contributed by atoms with E-state index < -0.39 is 0 Å². The van der Waals surface area contributed by atoms with Crippen molar-refractivity contribution < 1.29 is 0 Å². The van der Waals surface area contributed by atoms with Gasteiger partial charge in [0.2, 0.25) is 0 Å². The van der Waals surface area contributed by atoms with Crippen LogP contribution in [0.1, 0.15) is 23.6 Å². The average Bonchev–Trinajstić information content (AvgIpc) is 2.40. The second kappa shape index (κ2) is 6.15. The van der Waals surface area contributed by atoms with E-state index >= 15 is 0 Å². The summed E-state index contributed by atoms with van der Waals surface area (Å²) in [6, 6.07) is 18.9. The molecule has 0 bridgehead atoms. The Labute approximate surface area is 109 Å². The molecule has 0 heterocycles. The van der Waals surface area contributed by atoms with Crippen molar-refractivity contribution in [1.29, 1.82) is 0 Å². The standard InChI is InChI=1S/C17H19N/c1-14-8-6-7-11-17(14)15(2)18-13-12-16-9-4-3-5-10-16/h3-11H,12-13H2,1-2H3. The van der Waals surface area contributed by atoms with Crippen molar-refractivity contribution in [3.63, 3.8) is 0 Å². The molecule has 0 aliphatic carbocycles. The quantitative estimate of drug-likeness (QED) is 0.711. The molecule has 0 N–H and O–H groups in total. The summed E-state index contributed by atoms with van der Waals surface area (Å²) in [5, 5.41) is 0. The molecule has 2 aromatic carbocycles. The molecule has 0 fully saturated rings. The number of hydrogen-bond acceptors (Lipinski definition) is 1. The number of rotatable bonds is 4. The molecule has 0 aromatic heterocycles. The summed E-state index contributed by atoms with van der Waals surface area (Å²) in [5.74, 6) is 0. The van der Waals surface area contributed by atoms with Crippen LogP contribution in [0.3, 0.4) is 0 Å². The monoisotopic (exact) mass is 237 g/mol. The molecule has 0 unspecified atom stereocenters. The van der Waals surface area contributed by atoms with E-state index in [1.165, 1.54) is 16.7 Å². The summed E-state index contributed by atoms with van der Waals surface area (Å²) in [7, 11) is 0. The molecule has 92 valence electrons. The fourth-order valence-corrected chi connectivity index (χ4v) is 2.06. The Hall–Kier alpha value is -1.89. The SMILES string of the molecule is CC(=NCCc1ccccc1)c1ccccc1C. The molecule has 0 radical (unpaired) electrons. The number of nitrogens with zero attached hydrogens (tertiary/aromatic N) is 1. The van der Waals surface area contributed by atoms with E-state index in [0.717, 1.165) is 18.7 Å². The third kappa shape index (κ3) is 3.30. The van der Waals surface area contributed by atoms with Crippen LogP contribution in [0.5, 0.6) is 0 Å². The van der Waals surface area contributed by atoms with Gasteiger partial charge in [-0.1, -0.05) is 54.6 Å². The summed E-state index contributed by atoms with van der Waals surface area (Å²) in [6.45, 7) is 5.07. The van der Waals surface area contributed by atoms with E-state index in [4.69, 9.17) is 0 Å². The molecule has 0 aliphatic heterocycles. The van der Waals surface area contributed by atoms with Gasteiger partial charge in [0.05, 0.1) is 0 Å². The molecule has 0 atom stereocenters. The third-order valence-corrected chi connectivity index (χ3v) is 3.13. The molecule has 1 nitrogen and oxygen atoms in total. The minimum atomic E-state index is 0.851. The number of aliphatic imine (C=N–C) groups is 1. The van der Waals surface area contributed by atoms with E-state index in [0.29, 0.717) is 0 Å². The van der Waals surface area contributed by atoms with Crippen LogP contribution in [0.2, 0.25) is 0 Å². The topological polar surface area (TPSA) is 12.4 Å². The number of benzene rings is 2. The zero-order valence-electron chi connectivity index (χ0n) is 11.1. The van der Waals surface area contributed by atoms with Gasteiger partial charge >= 0.3 is 0 Å². The molecule has 2 rings (SSSR count). The van der Waals surface area contributed by atoms with Gasteiger partial charge in [0.15, 0.2) is 0 Å². The van der Waals surface area contributed by atoms with Gasteiger partial charge in [-0.05, 0) is 37.0 Å². The van der Waals surface area contributed by atoms with Crippen molar-refractivity contribution in [2.45, 2.75) is 20.3 Å². The predicted molar refractivity (Wildman–Crippen MR) is 78.4 cm³/mol. The number of hydrogen-bond donors (Lipinski definition) is 0. The highest BCUT2D eigenvalue weighted by molar-refractivity contribution is 5.99. The minimum absolute atomic E-state index is 0.851. The Morgan fingerprint density at radius 3 is 2.33 bits per heavy atom. The van der Waals surface area contributed by atoms with Crippen molar-refractivity contribution in [1.82, 2.24) is 0 Å². The van der Waals surface area contributed by atoms with Crippen LogP contribution in [0.4, 0.5) is 0 Å². The van der Waals surface area contributed by atoms with Gasteiger partial charge in [0.25, 0.3) is 0 Å². The highest BCUT2D eigenvalue weighted by Crippen LogP contribution is 2.09. The first-order valence-electron chi connectivity index (χ1n) is 6.38. The van der Waals surface area contributed by atoms with Crippen LogP contribution >= 0.6 is 0 Å². The first-order chi connectivity index (χ1) is 8.77. The van der Waals surface area contributed by atoms with Crippen molar-refractivity contribution in [2.24, 2.45) is 4.99 Å². The van der Waals surface area contributed by atoms with Crippen molar-refractivity contribution in [3.05, 3.63) is 71.3 Å². The highest BCUT2D eigenvalue weighted by atomic mass is 14.7. The van der Waals surface area contributed by atoms with Gasteiger partial charge in [-0.2, -0.15) is 0 Å². The van der Waals surface area contributed by atoms with E-state index in [1.54, 1.807) is 0 Å². The van der Waals surface area contributed by atoms with Crippen LogP contribution in [-0.2, 0) is 6.42 Å². The first-order valence-corrected chi connectivity index (χ1v) is 6.38. The van der Waals surface area contributed by atoms with Crippen molar-refractivity contribution in [2.75, 3.05) is 6.54 Å². The predicted octanol–water partition coefficient (Wildman–Crippen LogP) is 4.05. The minimum Gasteiger partial charge on any atom is -0.289 e. The van der Waals surface area contributed by atoms with E-state index in [9.17, 15) is 0 Å². The highest BCUT2D eigenvalue weighted by Gasteiger charge is 1.99. The zero-order valence-corrected chi connectivity index (χ0v) is 11.1. The Morgan fingerprint density at radius 1 is 0.944 bits per heavy atom. The summed E-state index contributed by atoms with van der Waals surface area (Å²) in [6.07, 6.45) is 1.00. The lowest BCUT2D eigenvalue weighted by Gasteiger charge is -2.05. The lowest BCUT2D eigenvalue weighted by molar-refractivity contribution is 0.967. The van der Waals surface area contributed by atoms with Crippen LogP contribution in [0, 0.1) is 6.92 Å². The van der Waals surface area contributed by atoms with Gasteiger partial charge < -0.3 is 0 Å². The Bertz CT molecular complexity index is 526. The molecule has 0 amide bonds. The first kappa shape index (κ1) is 12.6. The van der Waals surface area contributed by atoms with Crippen LogP contribution in [0.25, 0.3) is 0 Å². The summed E-state index contributed by atoms with van der Waals surface area (Å²) >= 11 is 0. The second-order valence-electron chi connectivity index (χ2n) is 4.52. The summed E-state index contributed by atoms with van der Waals surface area (Å²) < 4.78 is 0. The molecule has 0 aliphatic rings. The molecule has 0 saturated heterocycles. The van der Waals surface area contributed by atoms with Crippen LogP contribution < -0.4 is 0 Å². The average molecular weight is 237 g/mol. The Balaban J connectivity index is 2.00. The van der Waals surface area contributed by atoms with E-state index in [1.807, 2.05) is 6.07 Å². The second-order valence-corrected chi connectivity index (χ2v) is 4.52. The molecule has 1 heteroatoms. The molecular weight excluding hydrogens is 218 g/mol. The van der Waals surface area contributed by atoms with Crippen molar-refractivity contribution in [3.8, 4) is 0 Å². The smallest absolute Gasteiger partial charge is 0.0433 e. The van der Waals surface area contributed by atoms with E-state index in [-0.39, 0.29) is 0 Å². The maximum Gasteiger partial charge on any atom is 0.0433 e. The van der Waals surface area contributed by atoms with E-state index in [2.05, 4.69) is 67.4 Å². The fourth-order valence-electron chi connectivity index (χ4n) is 2.06. The molecule has 0 saturated carbocycles. The van der Waals surface area contributed by atoms with Gasteiger partial charge in [-0.25, -0.2) is 0 Å². The fraction of sp³-hybridized carbons (Fsp3) is 0.235. The molecule has 0 spiro atoms. The van der Waals surface area contributed by atoms with Crippen molar-refractivity contribution >= 4 is 5.71 Å². The Morgan fingerprint density at radius 2 is 1.61 bits per heavy atom. The third-order valence-electron chi connectivity index (χ3n) is 3.13. The molecule has 2 aromatic rings. The van der Waals surface area contributed by atoms with Crippen LogP contribution in [0.15, 0.2) is 59.6 Å². The van der Waals surface area contributed by atoms with Gasteiger partial charge in [-0.15, -0.1) is 0 Å². The zero-order chi connectivity index (χ0) is 12.8. The lowest BCUT2D eigenvalue weighted by Crippen LogP contribution is -2.00. The largest absolute Gasteiger partial charge is 0.289 e. The normalized spacial score (nSPS) is 11.6. The van der Waals surface area contributed by atoms with Gasteiger partial charge in [0.1, 0.15) is 0 Å². The molecular formula is C17H19N. The van der Waals surface area contributed by atoms with Gasteiger partial charge in [0, 0.05) is 12.3 Å². The summed E-state index contributed by atoms with van der Waals surface area (Å²) in [5.41, 5.74) is 5.02. The molecule has 18 heavy (non-hydrogen) atoms. The maximum atomic E-state index is 4.67. The van der Waals surface area contributed by atoms with Crippen LogP contribution in [-0.4, -0.2) is 12.3 Å². The van der Waals surface area contributed by atoms with Gasteiger partial charge in [-0.3, -0.25) is 4.99 Å². The lowest BCUT2D eigenvalue weighted by atomic mass is 10.1.